The molecule has 6 nitrogen and oxygen atoms in total. The molecule has 0 saturated heterocycles. The van der Waals surface area contributed by atoms with Crippen molar-refractivity contribution in [2.24, 2.45) is 0 Å². The molecule has 0 amide bonds. The van der Waals surface area contributed by atoms with Crippen molar-refractivity contribution < 1.29 is 18.3 Å². The van der Waals surface area contributed by atoms with Gasteiger partial charge in [-0.05, 0) is 42.8 Å². The number of sulfonamides is 1. The van der Waals surface area contributed by atoms with E-state index in [2.05, 4.69) is 9.71 Å². The predicted molar refractivity (Wildman–Crippen MR) is 87.2 cm³/mol. The van der Waals surface area contributed by atoms with E-state index < -0.39 is 16.0 Å². The lowest BCUT2D eigenvalue weighted by Gasteiger charge is -2.10. The number of fused-ring (bicyclic) bond motifs is 1. The molecule has 0 spiro atoms. The van der Waals surface area contributed by atoms with Crippen LogP contribution in [0.15, 0.2) is 53.6 Å². The number of carboxylic acids is 1. The normalized spacial score (nSPS) is 11.5. The van der Waals surface area contributed by atoms with Gasteiger partial charge in [0, 0.05) is 17.1 Å². The summed E-state index contributed by atoms with van der Waals surface area (Å²) in [5.41, 5.74) is 1.71. The monoisotopic (exact) mass is 330 g/mol. The van der Waals surface area contributed by atoms with Crippen LogP contribution >= 0.6 is 0 Å². The summed E-state index contributed by atoms with van der Waals surface area (Å²) in [6.45, 7) is 1.62. The zero-order valence-electron chi connectivity index (χ0n) is 12.2. The van der Waals surface area contributed by atoms with Crippen molar-refractivity contribution in [1.82, 2.24) is 4.98 Å². The summed E-state index contributed by atoms with van der Waals surface area (Å²) in [4.78, 5) is 14.1. The highest BCUT2D eigenvalue weighted by Gasteiger charge is 2.18. The lowest BCUT2D eigenvalue weighted by Crippen LogP contribution is -2.14. The molecule has 0 unspecified atom stereocenters. The molecule has 3 rings (SSSR count). The first-order chi connectivity index (χ1) is 10.9. The Morgan fingerprint density at radius 1 is 1.17 bits per heavy atom. The summed E-state index contributed by atoms with van der Waals surface area (Å²) < 4.78 is 27.6. The molecule has 2 aromatic carbocycles. The molecule has 0 saturated carbocycles. The highest BCUT2D eigenvalue weighted by Crippen LogP contribution is 2.25. The first kappa shape index (κ1) is 15.1. The molecule has 0 aliphatic rings. The quantitative estimate of drug-likeness (QED) is 0.685. The fourth-order valence-corrected chi connectivity index (χ4v) is 3.48. The van der Waals surface area contributed by atoms with Crippen LogP contribution in [0, 0.1) is 6.92 Å². The van der Waals surface area contributed by atoms with Gasteiger partial charge in [-0.15, -0.1) is 0 Å². The molecule has 3 N–H and O–H groups in total. The van der Waals surface area contributed by atoms with E-state index >= 15 is 0 Å². The lowest BCUT2D eigenvalue weighted by atomic mass is 10.1. The SMILES string of the molecule is Cc1ccc(S(=O)(=O)Nc2cccc3[nH]ccc23)cc1C(=O)O. The van der Waals surface area contributed by atoms with E-state index in [0.717, 1.165) is 17.0 Å². The van der Waals surface area contributed by atoms with Crippen LogP contribution in [0.2, 0.25) is 0 Å². The van der Waals surface area contributed by atoms with Crippen molar-refractivity contribution in [3.05, 3.63) is 59.8 Å². The topological polar surface area (TPSA) is 99.3 Å². The Morgan fingerprint density at radius 3 is 2.70 bits per heavy atom. The Balaban J connectivity index is 2.04. The maximum Gasteiger partial charge on any atom is 0.335 e. The number of aromatic nitrogens is 1. The summed E-state index contributed by atoms with van der Waals surface area (Å²) in [7, 11) is -3.88. The number of rotatable bonds is 4. The van der Waals surface area contributed by atoms with Crippen molar-refractivity contribution in [1.29, 1.82) is 0 Å². The average Bonchev–Trinajstić information content (AvgIpc) is 2.96. The third-order valence-electron chi connectivity index (χ3n) is 3.59. The molecular formula is C16H14N2O4S. The molecule has 1 aromatic heterocycles. The third kappa shape index (κ3) is 2.78. The van der Waals surface area contributed by atoms with Gasteiger partial charge in [-0.2, -0.15) is 0 Å². The zero-order chi connectivity index (χ0) is 16.6. The second-order valence-corrected chi connectivity index (χ2v) is 6.81. The van der Waals surface area contributed by atoms with Gasteiger partial charge >= 0.3 is 5.97 Å². The number of anilines is 1. The molecule has 1 heterocycles. The summed E-state index contributed by atoms with van der Waals surface area (Å²) in [6.07, 6.45) is 1.72. The summed E-state index contributed by atoms with van der Waals surface area (Å²) in [5.74, 6) is -1.16. The molecule has 0 aliphatic carbocycles. The van der Waals surface area contributed by atoms with E-state index in [0.29, 0.717) is 11.3 Å². The van der Waals surface area contributed by atoms with Crippen LogP contribution in [0.5, 0.6) is 0 Å². The minimum atomic E-state index is -3.88. The van der Waals surface area contributed by atoms with E-state index in [9.17, 15) is 13.2 Å². The van der Waals surface area contributed by atoms with Crippen LogP contribution in [0.4, 0.5) is 5.69 Å². The number of aromatic amines is 1. The van der Waals surface area contributed by atoms with Gasteiger partial charge in [-0.1, -0.05) is 12.1 Å². The Kier molecular flexibility index (Phi) is 3.57. The Labute approximate surface area is 132 Å². The van der Waals surface area contributed by atoms with Crippen LogP contribution in [-0.4, -0.2) is 24.5 Å². The van der Waals surface area contributed by atoms with Gasteiger partial charge in [0.2, 0.25) is 0 Å². The van der Waals surface area contributed by atoms with Crippen molar-refractivity contribution >= 4 is 32.6 Å². The number of H-pyrrole nitrogens is 1. The van der Waals surface area contributed by atoms with E-state index in [-0.39, 0.29) is 10.5 Å². The Morgan fingerprint density at radius 2 is 1.96 bits per heavy atom. The first-order valence-electron chi connectivity index (χ1n) is 6.81. The maximum atomic E-state index is 12.5. The molecular weight excluding hydrogens is 316 g/mol. The van der Waals surface area contributed by atoms with E-state index in [1.54, 1.807) is 31.3 Å². The number of aryl methyl sites for hydroxylation is 1. The highest BCUT2D eigenvalue weighted by atomic mass is 32.2. The second kappa shape index (κ2) is 5.44. The van der Waals surface area contributed by atoms with E-state index in [1.165, 1.54) is 12.1 Å². The minimum absolute atomic E-state index is 0.0345. The number of hydrogen-bond donors (Lipinski definition) is 3. The Bertz CT molecular complexity index is 1010. The van der Waals surface area contributed by atoms with Gasteiger partial charge in [-0.25, -0.2) is 13.2 Å². The number of aromatic carboxylic acids is 1. The number of carboxylic acid groups (broad SMARTS) is 1. The van der Waals surface area contributed by atoms with Gasteiger partial charge in [-0.3, -0.25) is 4.72 Å². The molecule has 0 atom stereocenters. The number of benzene rings is 2. The van der Waals surface area contributed by atoms with Crippen molar-refractivity contribution in [2.75, 3.05) is 4.72 Å². The summed E-state index contributed by atoms with van der Waals surface area (Å²) in [5, 5.41) is 9.88. The van der Waals surface area contributed by atoms with Gasteiger partial charge < -0.3 is 10.1 Å². The van der Waals surface area contributed by atoms with Crippen LogP contribution in [0.3, 0.4) is 0 Å². The average molecular weight is 330 g/mol. The zero-order valence-corrected chi connectivity index (χ0v) is 13.0. The highest BCUT2D eigenvalue weighted by molar-refractivity contribution is 7.92. The molecule has 0 bridgehead atoms. The van der Waals surface area contributed by atoms with Gasteiger partial charge in [0.15, 0.2) is 0 Å². The number of hydrogen-bond acceptors (Lipinski definition) is 3. The predicted octanol–water partition coefficient (Wildman–Crippen LogP) is 2.98. The first-order valence-corrected chi connectivity index (χ1v) is 8.30. The van der Waals surface area contributed by atoms with Gasteiger partial charge in [0.05, 0.1) is 16.1 Å². The van der Waals surface area contributed by atoms with E-state index in [4.69, 9.17) is 5.11 Å². The smallest absolute Gasteiger partial charge is 0.335 e. The molecule has 0 aliphatic heterocycles. The molecule has 0 fully saturated rings. The van der Waals surface area contributed by atoms with Crippen molar-refractivity contribution in [3.63, 3.8) is 0 Å². The van der Waals surface area contributed by atoms with Crippen LogP contribution in [0.1, 0.15) is 15.9 Å². The number of nitrogens with one attached hydrogen (secondary N) is 2. The molecule has 118 valence electrons. The summed E-state index contributed by atoms with van der Waals surface area (Å²) >= 11 is 0. The third-order valence-corrected chi connectivity index (χ3v) is 4.95. The molecule has 3 aromatic rings. The minimum Gasteiger partial charge on any atom is -0.478 e. The van der Waals surface area contributed by atoms with Crippen LogP contribution in [0.25, 0.3) is 10.9 Å². The molecule has 23 heavy (non-hydrogen) atoms. The van der Waals surface area contributed by atoms with Crippen LogP contribution < -0.4 is 4.72 Å². The van der Waals surface area contributed by atoms with Gasteiger partial charge in [0.1, 0.15) is 0 Å². The second-order valence-electron chi connectivity index (χ2n) is 5.13. The molecule has 0 radical (unpaired) electrons. The number of carbonyl (C=O) groups is 1. The van der Waals surface area contributed by atoms with Gasteiger partial charge in [0.25, 0.3) is 10.0 Å². The van der Waals surface area contributed by atoms with Crippen molar-refractivity contribution in [3.8, 4) is 0 Å². The van der Waals surface area contributed by atoms with Crippen molar-refractivity contribution in [2.45, 2.75) is 11.8 Å². The van der Waals surface area contributed by atoms with Crippen LogP contribution in [-0.2, 0) is 10.0 Å². The summed E-state index contributed by atoms with van der Waals surface area (Å²) in [6, 6.07) is 11.0. The molecule has 7 heteroatoms. The Hall–Kier alpha value is -2.80. The largest absolute Gasteiger partial charge is 0.478 e. The fourth-order valence-electron chi connectivity index (χ4n) is 2.38. The lowest BCUT2D eigenvalue weighted by molar-refractivity contribution is 0.0696. The maximum absolute atomic E-state index is 12.5. The fraction of sp³-hybridized carbons (Fsp3) is 0.0625. The van der Waals surface area contributed by atoms with E-state index in [1.807, 2.05) is 6.07 Å². The standard InChI is InChI=1S/C16H14N2O4S/c1-10-5-6-11(9-13(10)16(19)20)23(21,22)18-15-4-2-3-14-12(15)7-8-17-14/h2-9,17-18H,1H3,(H,19,20).